The second-order valence-corrected chi connectivity index (χ2v) is 8.53. The van der Waals surface area contributed by atoms with E-state index in [4.69, 9.17) is 15.2 Å². The molecule has 162 valence electrons. The minimum absolute atomic E-state index is 0.0917. The van der Waals surface area contributed by atoms with Crippen molar-refractivity contribution in [2.75, 3.05) is 20.2 Å². The molecule has 2 heterocycles. The number of hydrogen-bond acceptors (Lipinski definition) is 5. The van der Waals surface area contributed by atoms with Crippen LogP contribution in [0.15, 0.2) is 18.2 Å². The quantitative estimate of drug-likeness (QED) is 0.676. The number of likely N-dealkylation sites (tertiary alicyclic amines) is 1. The number of amides is 1. The van der Waals surface area contributed by atoms with Crippen LogP contribution >= 0.6 is 0 Å². The molecule has 1 amide bonds. The van der Waals surface area contributed by atoms with E-state index in [0.29, 0.717) is 29.3 Å². The fourth-order valence-corrected chi connectivity index (χ4v) is 4.72. The lowest BCUT2D eigenvalue weighted by atomic mass is 9.98. The van der Waals surface area contributed by atoms with Crippen molar-refractivity contribution in [1.29, 1.82) is 0 Å². The summed E-state index contributed by atoms with van der Waals surface area (Å²) in [4.78, 5) is 30.3. The fourth-order valence-electron chi connectivity index (χ4n) is 4.72. The van der Waals surface area contributed by atoms with Gasteiger partial charge in [0.2, 0.25) is 0 Å². The molecule has 0 bridgehead atoms. The van der Waals surface area contributed by atoms with E-state index in [0.717, 1.165) is 38.6 Å². The summed E-state index contributed by atoms with van der Waals surface area (Å²) in [6, 6.07) is 6.00. The van der Waals surface area contributed by atoms with Crippen LogP contribution in [0.4, 0.5) is 0 Å². The van der Waals surface area contributed by atoms with Crippen molar-refractivity contribution in [1.82, 2.24) is 9.88 Å². The zero-order chi connectivity index (χ0) is 21.1. The van der Waals surface area contributed by atoms with Gasteiger partial charge in [-0.15, -0.1) is 0 Å². The molecule has 7 heteroatoms. The van der Waals surface area contributed by atoms with Crippen LogP contribution in [-0.4, -0.2) is 54.1 Å². The normalized spacial score (nSPS) is 20.5. The molecule has 30 heavy (non-hydrogen) atoms. The van der Waals surface area contributed by atoms with Gasteiger partial charge >= 0.3 is 5.97 Å². The van der Waals surface area contributed by atoms with Gasteiger partial charge in [-0.3, -0.25) is 4.79 Å². The Balaban J connectivity index is 1.50. The van der Waals surface area contributed by atoms with Gasteiger partial charge in [-0.1, -0.05) is 6.42 Å². The Bertz CT molecular complexity index is 917. The first kappa shape index (κ1) is 20.7. The van der Waals surface area contributed by atoms with Crippen LogP contribution in [0.2, 0.25) is 0 Å². The molecule has 1 aromatic carbocycles. The smallest absolute Gasteiger partial charge is 0.355 e. The summed E-state index contributed by atoms with van der Waals surface area (Å²) in [5, 5.41) is 0.591. The van der Waals surface area contributed by atoms with E-state index in [1.54, 1.807) is 6.07 Å². The van der Waals surface area contributed by atoms with Crippen molar-refractivity contribution in [3.8, 4) is 5.75 Å². The number of nitrogens with zero attached hydrogens (tertiary/aromatic N) is 1. The molecule has 2 aliphatic rings. The average Bonchev–Trinajstić information content (AvgIpc) is 3.32. The highest BCUT2D eigenvalue weighted by Crippen LogP contribution is 2.29. The fraction of sp³-hybridized carbons (Fsp3) is 0.565. The molecule has 0 radical (unpaired) electrons. The van der Waals surface area contributed by atoms with Gasteiger partial charge in [-0.05, 0) is 76.7 Å². The summed E-state index contributed by atoms with van der Waals surface area (Å²) in [5.74, 6) is -0.503. The maximum absolute atomic E-state index is 12.7. The van der Waals surface area contributed by atoms with Crippen LogP contribution in [0.3, 0.4) is 0 Å². The molecule has 4 rings (SSSR count). The number of fused-ring (bicyclic) bond motifs is 1. The summed E-state index contributed by atoms with van der Waals surface area (Å²) in [6.07, 6.45) is 8.34. The maximum atomic E-state index is 12.7. The molecule has 1 saturated carbocycles. The number of carbonyl (C=O) groups is 2. The Kier molecular flexibility index (Phi) is 6.27. The van der Waals surface area contributed by atoms with Crippen molar-refractivity contribution >= 4 is 22.8 Å². The number of nitrogens with two attached hydrogens (primary N) is 1. The number of primary amides is 1. The number of carbonyl (C=O) groups excluding carboxylic acids is 2. The molecule has 1 saturated heterocycles. The Hall–Kier alpha value is -2.54. The zero-order valence-electron chi connectivity index (χ0n) is 17.6. The molecule has 1 atom stereocenters. The first-order chi connectivity index (χ1) is 14.5. The van der Waals surface area contributed by atoms with E-state index < -0.39 is 11.9 Å². The second-order valence-electron chi connectivity index (χ2n) is 8.53. The van der Waals surface area contributed by atoms with Crippen LogP contribution in [-0.2, 0) is 4.74 Å². The minimum atomic E-state index is -0.651. The van der Waals surface area contributed by atoms with Gasteiger partial charge in [0.1, 0.15) is 17.5 Å². The summed E-state index contributed by atoms with van der Waals surface area (Å²) in [6.45, 7) is 1.75. The van der Waals surface area contributed by atoms with E-state index in [-0.39, 0.29) is 17.4 Å². The van der Waals surface area contributed by atoms with Gasteiger partial charge in [-0.25, -0.2) is 4.79 Å². The Labute approximate surface area is 176 Å². The Morgan fingerprint density at radius 2 is 1.97 bits per heavy atom. The number of aromatic amines is 1. The van der Waals surface area contributed by atoms with Gasteiger partial charge in [-0.2, -0.15) is 0 Å². The van der Waals surface area contributed by atoms with Crippen molar-refractivity contribution in [3.63, 3.8) is 0 Å². The van der Waals surface area contributed by atoms with Gasteiger partial charge in [0.25, 0.3) is 5.91 Å². The summed E-state index contributed by atoms with van der Waals surface area (Å²) >= 11 is 0. The molecule has 1 unspecified atom stereocenters. The van der Waals surface area contributed by atoms with E-state index in [9.17, 15) is 9.59 Å². The van der Waals surface area contributed by atoms with E-state index in [1.165, 1.54) is 19.3 Å². The highest BCUT2D eigenvalue weighted by Gasteiger charge is 2.26. The van der Waals surface area contributed by atoms with Gasteiger partial charge in [0.05, 0.1) is 12.2 Å². The minimum Gasteiger partial charge on any atom is -0.494 e. The van der Waals surface area contributed by atoms with Crippen molar-refractivity contribution in [2.45, 2.75) is 63.5 Å². The number of nitrogens with one attached hydrogen (secondary N) is 1. The summed E-state index contributed by atoms with van der Waals surface area (Å²) in [7, 11) is 2.15. The molecular formula is C23H31N3O4. The lowest BCUT2D eigenvalue weighted by molar-refractivity contribution is 0.0203. The molecule has 0 spiro atoms. The monoisotopic (exact) mass is 413 g/mol. The maximum Gasteiger partial charge on any atom is 0.355 e. The lowest BCUT2D eigenvalue weighted by Crippen LogP contribution is -2.26. The first-order valence-electron chi connectivity index (χ1n) is 11.0. The van der Waals surface area contributed by atoms with Crippen molar-refractivity contribution < 1.29 is 19.1 Å². The number of aromatic nitrogens is 1. The SMILES string of the molecule is CN1CCCC1CCOc1ccc2[nH]c(C(=O)OC3CCCCC3)c(C(N)=O)c2c1. The highest BCUT2D eigenvalue weighted by molar-refractivity contribution is 6.14. The summed E-state index contributed by atoms with van der Waals surface area (Å²) < 4.78 is 11.6. The zero-order valence-corrected chi connectivity index (χ0v) is 17.6. The molecule has 2 aromatic rings. The third-order valence-corrected chi connectivity index (χ3v) is 6.44. The Morgan fingerprint density at radius 1 is 1.17 bits per heavy atom. The highest BCUT2D eigenvalue weighted by atomic mass is 16.5. The largest absolute Gasteiger partial charge is 0.494 e. The standard InChI is InChI=1S/C23H31N3O4/c1-26-12-5-6-15(26)11-13-29-17-9-10-19-18(14-17)20(22(24)27)21(25-19)23(28)30-16-7-3-2-4-8-16/h9-10,14-16,25H,2-8,11-13H2,1H3,(H2,24,27). The Morgan fingerprint density at radius 3 is 2.67 bits per heavy atom. The molecule has 1 aliphatic heterocycles. The lowest BCUT2D eigenvalue weighted by Gasteiger charge is -2.21. The summed E-state index contributed by atoms with van der Waals surface area (Å²) in [5.41, 5.74) is 6.61. The van der Waals surface area contributed by atoms with Gasteiger partial charge in [0.15, 0.2) is 0 Å². The van der Waals surface area contributed by atoms with Crippen LogP contribution in [0.25, 0.3) is 10.9 Å². The molecule has 1 aliphatic carbocycles. The molecule has 3 N–H and O–H groups in total. The number of rotatable bonds is 7. The predicted octanol–water partition coefficient (Wildman–Crippen LogP) is 3.62. The van der Waals surface area contributed by atoms with E-state index in [1.807, 2.05) is 12.1 Å². The number of ether oxygens (including phenoxy) is 2. The van der Waals surface area contributed by atoms with Crippen LogP contribution < -0.4 is 10.5 Å². The molecule has 2 fully saturated rings. The number of esters is 1. The van der Waals surface area contributed by atoms with E-state index >= 15 is 0 Å². The van der Waals surface area contributed by atoms with Gasteiger partial charge in [0, 0.05) is 16.9 Å². The molecular weight excluding hydrogens is 382 g/mol. The first-order valence-corrected chi connectivity index (χ1v) is 11.0. The van der Waals surface area contributed by atoms with Crippen LogP contribution in [0.1, 0.15) is 72.2 Å². The molecule has 7 nitrogen and oxygen atoms in total. The third-order valence-electron chi connectivity index (χ3n) is 6.44. The second kappa shape index (κ2) is 9.08. The van der Waals surface area contributed by atoms with Gasteiger partial charge < -0.3 is 25.1 Å². The van der Waals surface area contributed by atoms with Crippen LogP contribution in [0, 0.1) is 0 Å². The predicted molar refractivity (Wildman–Crippen MR) is 115 cm³/mol. The number of benzene rings is 1. The topological polar surface area (TPSA) is 97.7 Å². The van der Waals surface area contributed by atoms with E-state index in [2.05, 4.69) is 16.9 Å². The average molecular weight is 414 g/mol. The van der Waals surface area contributed by atoms with Crippen LogP contribution in [0.5, 0.6) is 5.75 Å². The number of hydrogen-bond donors (Lipinski definition) is 2. The van der Waals surface area contributed by atoms with Crippen molar-refractivity contribution in [3.05, 3.63) is 29.5 Å². The molecule has 1 aromatic heterocycles. The third kappa shape index (κ3) is 4.46. The number of H-pyrrole nitrogens is 1. The van der Waals surface area contributed by atoms with Crippen molar-refractivity contribution in [2.24, 2.45) is 5.73 Å².